The fraction of sp³-hybridized carbons (Fsp3) is 0.364. The van der Waals surface area contributed by atoms with E-state index in [-0.39, 0.29) is 11.3 Å². The molecule has 1 fully saturated rings. The zero-order chi connectivity index (χ0) is 12.8. The Balaban J connectivity index is 2.60. The van der Waals surface area contributed by atoms with Crippen LogP contribution in [0.3, 0.4) is 0 Å². The van der Waals surface area contributed by atoms with E-state index in [1.165, 1.54) is 7.11 Å². The summed E-state index contributed by atoms with van der Waals surface area (Å²) in [5.41, 5.74) is -2.68. The minimum absolute atomic E-state index is 0.0500. The van der Waals surface area contributed by atoms with Crippen LogP contribution in [0.5, 0.6) is 5.75 Å². The second kappa shape index (κ2) is 3.38. The normalized spacial score (nSPS) is 25.4. The second-order valence-electron chi connectivity index (χ2n) is 3.94. The third kappa shape index (κ3) is 1.47. The van der Waals surface area contributed by atoms with Crippen LogP contribution >= 0.6 is 0 Å². The molecule has 0 aliphatic heterocycles. The number of aliphatic carboxylic acids is 1. The van der Waals surface area contributed by atoms with E-state index in [1.807, 2.05) is 0 Å². The average Bonchev–Trinajstić information content (AvgIpc) is 2.83. The maximum atomic E-state index is 13.3. The predicted octanol–water partition coefficient (Wildman–Crippen LogP) is 2.20. The van der Waals surface area contributed by atoms with Gasteiger partial charge in [-0.05, 0) is 18.2 Å². The number of carboxylic acid groups (broad SMARTS) is 1. The molecule has 1 aromatic carbocycles. The smallest absolute Gasteiger partial charge is 0.320 e. The number of hydrogen-bond acceptors (Lipinski definition) is 2. The molecule has 0 saturated heterocycles. The Morgan fingerprint density at radius 1 is 1.47 bits per heavy atom. The summed E-state index contributed by atoms with van der Waals surface area (Å²) in [5.74, 6) is -5.87. The van der Waals surface area contributed by atoms with Crippen LogP contribution in [0.15, 0.2) is 18.2 Å². The molecule has 0 heterocycles. The van der Waals surface area contributed by atoms with E-state index in [9.17, 15) is 18.0 Å². The van der Waals surface area contributed by atoms with Crippen LogP contribution in [-0.2, 0) is 10.2 Å². The van der Waals surface area contributed by atoms with E-state index in [1.54, 1.807) is 0 Å². The summed E-state index contributed by atoms with van der Waals surface area (Å²) in [6.07, 6.45) is -0.838. The topological polar surface area (TPSA) is 46.5 Å². The summed E-state index contributed by atoms with van der Waals surface area (Å²) in [6.45, 7) is 0. The van der Waals surface area contributed by atoms with E-state index < -0.39 is 29.5 Å². The molecule has 92 valence electrons. The fourth-order valence-electron chi connectivity index (χ4n) is 1.94. The monoisotopic (exact) mass is 246 g/mol. The van der Waals surface area contributed by atoms with Crippen LogP contribution in [-0.4, -0.2) is 24.1 Å². The van der Waals surface area contributed by atoms with Crippen molar-refractivity contribution in [2.45, 2.75) is 17.8 Å². The van der Waals surface area contributed by atoms with Crippen molar-refractivity contribution >= 4 is 5.97 Å². The van der Waals surface area contributed by atoms with E-state index >= 15 is 0 Å². The first-order valence-corrected chi connectivity index (χ1v) is 4.80. The molecular formula is C11H9F3O3. The van der Waals surface area contributed by atoms with Crippen molar-refractivity contribution < 1.29 is 27.8 Å². The Bertz CT molecular complexity index is 487. The molecular weight excluding hydrogens is 237 g/mol. The second-order valence-corrected chi connectivity index (χ2v) is 3.94. The lowest BCUT2D eigenvalue weighted by molar-refractivity contribution is -0.143. The van der Waals surface area contributed by atoms with E-state index in [2.05, 4.69) is 0 Å². The first kappa shape index (κ1) is 11.8. The van der Waals surface area contributed by atoms with Crippen LogP contribution in [0.1, 0.15) is 12.0 Å². The molecule has 1 aliphatic rings. The van der Waals surface area contributed by atoms with Gasteiger partial charge in [-0.3, -0.25) is 4.79 Å². The Labute approximate surface area is 94.8 Å². The van der Waals surface area contributed by atoms with Gasteiger partial charge in [-0.15, -0.1) is 0 Å². The summed E-state index contributed by atoms with van der Waals surface area (Å²) in [7, 11) is 1.22. The van der Waals surface area contributed by atoms with Gasteiger partial charge in [0.1, 0.15) is 11.6 Å². The zero-order valence-electron chi connectivity index (χ0n) is 8.84. The largest absolute Gasteiger partial charge is 0.496 e. The lowest BCUT2D eigenvalue weighted by Crippen LogP contribution is -2.27. The SMILES string of the molecule is COc1ccc(F)cc1C1(C(=O)O)CC1(F)F. The van der Waals surface area contributed by atoms with Gasteiger partial charge in [0, 0.05) is 12.0 Å². The molecule has 0 aromatic heterocycles. The van der Waals surface area contributed by atoms with Crippen molar-refractivity contribution in [2.24, 2.45) is 0 Å². The maximum absolute atomic E-state index is 13.3. The first-order chi connectivity index (χ1) is 7.85. The lowest BCUT2D eigenvalue weighted by atomic mass is 9.94. The van der Waals surface area contributed by atoms with Gasteiger partial charge in [-0.2, -0.15) is 0 Å². The molecule has 1 aromatic rings. The van der Waals surface area contributed by atoms with Gasteiger partial charge in [-0.25, -0.2) is 13.2 Å². The van der Waals surface area contributed by atoms with Crippen LogP contribution in [0.2, 0.25) is 0 Å². The van der Waals surface area contributed by atoms with E-state index in [0.717, 1.165) is 18.2 Å². The van der Waals surface area contributed by atoms with Crippen LogP contribution in [0.4, 0.5) is 13.2 Å². The summed E-state index contributed by atoms with van der Waals surface area (Å²) < 4.78 is 44.4. The number of ether oxygens (including phenoxy) is 1. The molecule has 1 aliphatic carbocycles. The summed E-state index contributed by atoms with van der Waals surface area (Å²) in [6, 6.07) is 2.95. The molecule has 1 saturated carbocycles. The molecule has 1 unspecified atom stereocenters. The number of carbonyl (C=O) groups is 1. The number of benzene rings is 1. The van der Waals surface area contributed by atoms with Gasteiger partial charge in [-0.1, -0.05) is 0 Å². The molecule has 0 amide bonds. The minimum atomic E-state index is -3.38. The van der Waals surface area contributed by atoms with E-state index in [4.69, 9.17) is 9.84 Å². The van der Waals surface area contributed by atoms with Crippen LogP contribution in [0, 0.1) is 5.82 Å². The van der Waals surface area contributed by atoms with Crippen molar-refractivity contribution in [1.29, 1.82) is 0 Å². The number of hydrogen-bond donors (Lipinski definition) is 1. The minimum Gasteiger partial charge on any atom is -0.496 e. The van der Waals surface area contributed by atoms with Gasteiger partial charge in [0.2, 0.25) is 0 Å². The Hall–Kier alpha value is -1.72. The Morgan fingerprint density at radius 3 is 2.47 bits per heavy atom. The Kier molecular flexibility index (Phi) is 2.34. The molecule has 6 heteroatoms. The van der Waals surface area contributed by atoms with Crippen molar-refractivity contribution in [2.75, 3.05) is 7.11 Å². The molecule has 3 nitrogen and oxygen atoms in total. The third-order valence-electron chi connectivity index (χ3n) is 2.97. The predicted molar refractivity (Wildman–Crippen MR) is 51.8 cm³/mol. The number of carboxylic acids is 1. The van der Waals surface area contributed by atoms with Crippen molar-refractivity contribution in [3.8, 4) is 5.75 Å². The lowest BCUT2D eigenvalue weighted by Gasteiger charge is -2.15. The molecule has 1 atom stereocenters. The molecule has 0 spiro atoms. The highest BCUT2D eigenvalue weighted by molar-refractivity contribution is 5.88. The zero-order valence-corrected chi connectivity index (χ0v) is 8.84. The molecule has 2 rings (SSSR count). The van der Waals surface area contributed by atoms with Gasteiger partial charge in [0.05, 0.1) is 7.11 Å². The fourth-order valence-corrected chi connectivity index (χ4v) is 1.94. The van der Waals surface area contributed by atoms with Crippen LogP contribution in [0.25, 0.3) is 0 Å². The van der Waals surface area contributed by atoms with Crippen molar-refractivity contribution in [3.05, 3.63) is 29.6 Å². The molecule has 0 radical (unpaired) electrons. The quantitative estimate of drug-likeness (QED) is 0.889. The number of alkyl halides is 2. The average molecular weight is 246 g/mol. The highest BCUT2D eigenvalue weighted by Crippen LogP contribution is 2.63. The maximum Gasteiger partial charge on any atom is 0.320 e. The third-order valence-corrected chi connectivity index (χ3v) is 2.97. The van der Waals surface area contributed by atoms with E-state index in [0.29, 0.717) is 0 Å². The summed E-state index contributed by atoms with van der Waals surface area (Å²) in [5, 5.41) is 8.95. The van der Waals surface area contributed by atoms with Crippen molar-refractivity contribution in [1.82, 2.24) is 0 Å². The van der Waals surface area contributed by atoms with Gasteiger partial charge >= 0.3 is 5.97 Å². The standard InChI is InChI=1S/C11H9F3O3/c1-17-8-3-2-6(12)4-7(8)10(9(15)16)5-11(10,13)14/h2-4H,5H2,1H3,(H,15,16). The first-order valence-electron chi connectivity index (χ1n) is 4.80. The Morgan fingerprint density at radius 2 is 2.06 bits per heavy atom. The van der Waals surface area contributed by atoms with Gasteiger partial charge in [0.15, 0.2) is 5.41 Å². The summed E-state index contributed by atoms with van der Waals surface area (Å²) in [4.78, 5) is 11.0. The van der Waals surface area contributed by atoms with Crippen molar-refractivity contribution in [3.63, 3.8) is 0 Å². The summed E-state index contributed by atoms with van der Waals surface area (Å²) >= 11 is 0. The molecule has 0 bridgehead atoms. The highest BCUT2D eigenvalue weighted by Gasteiger charge is 2.78. The van der Waals surface area contributed by atoms with Crippen LogP contribution < -0.4 is 4.74 Å². The van der Waals surface area contributed by atoms with Gasteiger partial charge in [0.25, 0.3) is 5.92 Å². The number of halogens is 3. The van der Waals surface area contributed by atoms with Gasteiger partial charge < -0.3 is 9.84 Å². The molecule has 17 heavy (non-hydrogen) atoms. The number of methoxy groups -OCH3 is 1. The highest BCUT2D eigenvalue weighted by atomic mass is 19.3. The molecule has 1 N–H and O–H groups in total. The number of rotatable bonds is 3.